The molecule has 0 aliphatic heterocycles. The highest BCUT2D eigenvalue weighted by atomic mass is 17.3. The molecule has 0 aromatic carbocycles. The summed E-state index contributed by atoms with van der Waals surface area (Å²) in [5.41, 5.74) is 13.8. The fourth-order valence-electron chi connectivity index (χ4n) is 3.59. The lowest BCUT2D eigenvalue weighted by Crippen LogP contribution is -2.29. The molecule has 0 unspecified atom stereocenters. The summed E-state index contributed by atoms with van der Waals surface area (Å²) >= 11 is 0. The molecule has 0 radical (unpaired) electrons. The van der Waals surface area contributed by atoms with Crippen molar-refractivity contribution in [3.05, 3.63) is 81.6 Å². The van der Waals surface area contributed by atoms with Gasteiger partial charge in [0.2, 0.25) is 0 Å². The van der Waals surface area contributed by atoms with E-state index in [2.05, 4.69) is 85.3 Å². The van der Waals surface area contributed by atoms with Crippen LogP contribution in [-0.2, 0) is 9.88 Å². The summed E-state index contributed by atoms with van der Waals surface area (Å²) in [5.74, 6) is -0.859. The van der Waals surface area contributed by atoms with E-state index in [1.165, 1.54) is 29.0 Å². The van der Waals surface area contributed by atoms with E-state index in [4.69, 9.17) is 5.53 Å². The molecule has 7 heteroatoms. The van der Waals surface area contributed by atoms with Gasteiger partial charge in [-0.1, -0.05) is 64.1 Å². The van der Waals surface area contributed by atoms with Gasteiger partial charge >= 0.3 is 5.97 Å². The zero-order chi connectivity index (χ0) is 23.2. The maximum Gasteiger partial charge on any atom is 0.404 e. The molecule has 7 nitrogen and oxygen atoms in total. The first-order valence-electron chi connectivity index (χ1n) is 10.1. The minimum absolute atomic E-state index is 0.0254. The second-order valence-electron chi connectivity index (χ2n) is 9.22. The van der Waals surface area contributed by atoms with Crippen LogP contribution < -0.4 is 0 Å². The molecule has 0 fully saturated rings. The van der Waals surface area contributed by atoms with Crippen LogP contribution >= 0.6 is 0 Å². The first kappa shape index (κ1) is 24.0. The van der Waals surface area contributed by atoms with Gasteiger partial charge in [0.15, 0.2) is 11.0 Å². The van der Waals surface area contributed by atoms with Crippen LogP contribution in [0.15, 0.2) is 65.1 Å². The highest BCUT2D eigenvalue weighted by molar-refractivity contribution is 5.87. The lowest BCUT2D eigenvalue weighted by molar-refractivity contribution is -0.244. The Morgan fingerprint density at radius 3 is 2.39 bits per heavy atom. The van der Waals surface area contributed by atoms with E-state index in [9.17, 15) is 4.79 Å². The molecular formula is C24H30N4O3. The first-order valence-corrected chi connectivity index (χ1v) is 10.1. The van der Waals surface area contributed by atoms with E-state index in [1.54, 1.807) is 6.07 Å². The van der Waals surface area contributed by atoms with Crippen LogP contribution in [0.4, 0.5) is 0 Å². The fraction of sp³-hybridized carbons (Fsp3) is 0.417. The highest BCUT2D eigenvalue weighted by Gasteiger charge is 2.37. The molecule has 0 spiro atoms. The van der Waals surface area contributed by atoms with Crippen molar-refractivity contribution in [2.45, 2.75) is 54.4 Å². The topological polar surface area (TPSA) is 97.2 Å². The lowest BCUT2D eigenvalue weighted by Gasteiger charge is -2.42. The minimum Gasteiger partial charge on any atom is -0.248 e. The average molecular weight is 423 g/mol. The Labute approximate surface area is 183 Å². The molecule has 2 rings (SSSR count). The van der Waals surface area contributed by atoms with Gasteiger partial charge in [0.25, 0.3) is 0 Å². The SMILES string of the molecule is C=C(/C=C/C1=C(C=C(C)C)C(C)(C)CCC1(C)C)c1ccc(C(=O)OON=[N+]=[N-])nc1. The second-order valence-corrected chi connectivity index (χ2v) is 9.22. The predicted molar refractivity (Wildman–Crippen MR) is 121 cm³/mol. The van der Waals surface area contributed by atoms with Crippen molar-refractivity contribution >= 4 is 11.5 Å². The van der Waals surface area contributed by atoms with Gasteiger partial charge < -0.3 is 0 Å². The number of rotatable bonds is 7. The van der Waals surface area contributed by atoms with Gasteiger partial charge in [0.1, 0.15) is 0 Å². The molecule has 1 aliphatic rings. The van der Waals surface area contributed by atoms with E-state index in [0.29, 0.717) is 0 Å². The van der Waals surface area contributed by atoms with Crippen LogP contribution in [0.3, 0.4) is 0 Å². The molecule has 31 heavy (non-hydrogen) atoms. The zero-order valence-electron chi connectivity index (χ0n) is 19.1. The second kappa shape index (κ2) is 9.67. The summed E-state index contributed by atoms with van der Waals surface area (Å²) in [5, 5.41) is 2.68. The molecule has 1 aromatic heterocycles. The molecule has 164 valence electrons. The largest absolute Gasteiger partial charge is 0.404 e. The van der Waals surface area contributed by atoms with Crippen LogP contribution in [0.1, 0.15) is 70.4 Å². The van der Waals surface area contributed by atoms with Crippen LogP contribution in [0.25, 0.3) is 16.0 Å². The molecule has 0 saturated heterocycles. The molecule has 1 aromatic rings. The monoisotopic (exact) mass is 422 g/mol. The van der Waals surface area contributed by atoms with Gasteiger partial charge in [0, 0.05) is 11.1 Å². The van der Waals surface area contributed by atoms with Crippen molar-refractivity contribution in [3.63, 3.8) is 0 Å². The number of pyridine rings is 1. The summed E-state index contributed by atoms with van der Waals surface area (Å²) in [6, 6.07) is 3.23. The van der Waals surface area contributed by atoms with Gasteiger partial charge in [-0.25, -0.2) is 19.7 Å². The Morgan fingerprint density at radius 2 is 1.84 bits per heavy atom. The minimum atomic E-state index is -0.859. The summed E-state index contributed by atoms with van der Waals surface area (Å²) in [6.07, 6.45) is 10.2. The van der Waals surface area contributed by atoms with Crippen LogP contribution in [0.5, 0.6) is 0 Å². The van der Waals surface area contributed by atoms with Crippen molar-refractivity contribution in [2.75, 3.05) is 0 Å². The van der Waals surface area contributed by atoms with Crippen LogP contribution in [0, 0.1) is 10.8 Å². The van der Waals surface area contributed by atoms with E-state index < -0.39 is 5.97 Å². The van der Waals surface area contributed by atoms with E-state index in [-0.39, 0.29) is 16.5 Å². The zero-order valence-corrected chi connectivity index (χ0v) is 19.1. The Kier molecular flexibility index (Phi) is 7.47. The Morgan fingerprint density at radius 1 is 1.19 bits per heavy atom. The molecule has 0 amide bonds. The first-order chi connectivity index (χ1) is 14.5. The van der Waals surface area contributed by atoms with Crippen molar-refractivity contribution in [1.29, 1.82) is 0 Å². The summed E-state index contributed by atoms with van der Waals surface area (Å²) < 4.78 is 0. The van der Waals surface area contributed by atoms with Gasteiger partial charge in [-0.15, -0.1) is 0 Å². The highest BCUT2D eigenvalue weighted by Crippen LogP contribution is 2.50. The normalized spacial score (nSPS) is 17.0. The molecule has 0 saturated carbocycles. The number of hydrogen-bond acceptors (Lipinski definition) is 5. The number of carbonyl (C=O) groups excluding carboxylic acids is 1. The summed E-state index contributed by atoms with van der Waals surface area (Å²) in [6.45, 7) is 17.6. The molecular weight excluding hydrogens is 392 g/mol. The van der Waals surface area contributed by atoms with E-state index >= 15 is 0 Å². The molecule has 0 atom stereocenters. The molecule has 0 bridgehead atoms. The molecule has 1 heterocycles. The number of nitrogens with zero attached hydrogens (tertiary/aromatic N) is 4. The maximum atomic E-state index is 11.7. The number of allylic oxidation sites excluding steroid dienone is 7. The standard InChI is InChI=1S/C24H30N4O3/c1-16(2)14-20-19(23(4,5)12-13-24(20,6)7)10-8-17(3)18-9-11-21(26-15-18)22(29)30-31-28-27-25/h8-11,14-15H,3,12-13H2,1-2,4-7H3/b10-8+. The molecule has 1 aliphatic carbocycles. The third-order valence-electron chi connectivity index (χ3n) is 5.53. The Bertz CT molecular complexity index is 988. The quantitative estimate of drug-likeness (QED) is 0.117. The smallest absolute Gasteiger partial charge is 0.248 e. The molecule has 0 N–H and O–H groups in total. The van der Waals surface area contributed by atoms with Gasteiger partial charge in [-0.05, 0) is 71.4 Å². The number of carbonyl (C=O) groups is 1. The van der Waals surface area contributed by atoms with Gasteiger partial charge in [-0.2, -0.15) is 0 Å². The van der Waals surface area contributed by atoms with Crippen molar-refractivity contribution in [2.24, 2.45) is 16.1 Å². The predicted octanol–water partition coefficient (Wildman–Crippen LogP) is 7.07. The average Bonchev–Trinajstić information content (AvgIpc) is 2.70. The lowest BCUT2D eigenvalue weighted by atomic mass is 9.62. The van der Waals surface area contributed by atoms with Crippen molar-refractivity contribution in [1.82, 2.24) is 4.98 Å². The maximum absolute atomic E-state index is 11.7. The summed E-state index contributed by atoms with van der Waals surface area (Å²) in [4.78, 5) is 26.5. The third kappa shape index (κ3) is 6.09. The number of azide groups is 1. The van der Waals surface area contributed by atoms with Crippen LogP contribution in [-0.4, -0.2) is 11.0 Å². The number of aromatic nitrogens is 1. The van der Waals surface area contributed by atoms with Crippen LogP contribution in [0.2, 0.25) is 0 Å². The van der Waals surface area contributed by atoms with E-state index in [0.717, 1.165) is 24.0 Å². The Balaban J connectivity index is 2.29. The van der Waals surface area contributed by atoms with Crippen molar-refractivity contribution < 1.29 is 14.7 Å². The Hall–Kier alpha value is -3.31. The van der Waals surface area contributed by atoms with Crippen molar-refractivity contribution in [3.8, 4) is 0 Å². The van der Waals surface area contributed by atoms with E-state index in [1.807, 2.05) is 6.08 Å². The third-order valence-corrected chi connectivity index (χ3v) is 5.53. The number of hydrogen-bond donors (Lipinski definition) is 0. The van der Waals surface area contributed by atoms with Gasteiger partial charge in [0.05, 0.1) is 0 Å². The van der Waals surface area contributed by atoms with Gasteiger partial charge in [-0.3, -0.25) is 0 Å². The summed E-state index contributed by atoms with van der Waals surface area (Å²) in [7, 11) is 0. The fourth-order valence-corrected chi connectivity index (χ4v) is 3.59.